The topological polar surface area (TPSA) is 194 Å². The standard InChI is InChI=1S/C37H47BClF2N5O11/c1-36(2)11-10-23-37(3,18-36)57-38(56-23)24(16-19-8-9-21(40)25(34(50)51)28(19)53-5)43-31(47)27(20-17-22(41)29(54-6)30(55-7)26(20)39)44-35(52)46-15-14-45(13-12-42-4)32(48)33(46)49/h8-9,17,23-24,27,42H,10-16,18H2,1-7H3,(H,43,47)(H,44,52)(H,50,51). The SMILES string of the molecule is CNCCN1CCN(C(=O)NC(C(=O)NC(Cc2ccc(F)c(C(=O)O)c2OC)B2OC3CCC(C)(C)CC3(C)O2)c2cc(F)c(OC)c(OC)c2Cl)C(=O)C1=O. The van der Waals surface area contributed by atoms with Crippen LogP contribution in [0, 0.1) is 17.0 Å². The van der Waals surface area contributed by atoms with E-state index >= 15 is 4.39 Å². The number of imide groups is 1. The summed E-state index contributed by atoms with van der Waals surface area (Å²) >= 11 is 6.71. The molecular weight excluding hydrogens is 775 g/mol. The minimum absolute atomic E-state index is 0.00921. The monoisotopic (exact) mass is 821 g/mol. The number of nitrogens with zero attached hydrogens (tertiary/aromatic N) is 2. The number of halogens is 3. The van der Waals surface area contributed by atoms with Gasteiger partial charge < -0.3 is 49.5 Å². The summed E-state index contributed by atoms with van der Waals surface area (Å²) < 4.78 is 59.1. The predicted molar refractivity (Wildman–Crippen MR) is 201 cm³/mol. The fraction of sp³-hybridized carbons (Fsp3) is 0.541. The van der Waals surface area contributed by atoms with Crippen molar-refractivity contribution in [1.29, 1.82) is 0 Å². The summed E-state index contributed by atoms with van der Waals surface area (Å²) in [5, 5.41) is 17.6. The number of methoxy groups -OCH3 is 3. The smallest absolute Gasteiger partial charge is 0.482 e. The molecule has 1 saturated carbocycles. The van der Waals surface area contributed by atoms with Gasteiger partial charge >= 0.3 is 30.9 Å². The molecule has 5 amide bonds. The zero-order valence-electron chi connectivity index (χ0n) is 32.8. The lowest BCUT2D eigenvalue weighted by Crippen LogP contribution is -2.60. The fourth-order valence-electron chi connectivity index (χ4n) is 7.86. The minimum Gasteiger partial charge on any atom is -0.495 e. The first kappa shape index (κ1) is 43.4. The third-order valence-electron chi connectivity index (χ3n) is 10.6. The molecule has 1 aliphatic carbocycles. The van der Waals surface area contributed by atoms with Crippen molar-refractivity contribution < 1.29 is 61.4 Å². The Balaban J connectivity index is 1.56. The molecular formula is C37H47BClF2N5O11. The predicted octanol–water partition coefficient (Wildman–Crippen LogP) is 3.12. The van der Waals surface area contributed by atoms with Gasteiger partial charge in [-0.2, -0.15) is 0 Å². The van der Waals surface area contributed by atoms with Crippen LogP contribution in [0.4, 0.5) is 13.6 Å². The highest BCUT2D eigenvalue weighted by Crippen LogP contribution is 2.48. The summed E-state index contributed by atoms with van der Waals surface area (Å²) in [6.45, 7) is 6.48. The van der Waals surface area contributed by atoms with Gasteiger partial charge in [-0.05, 0) is 62.8 Å². The molecule has 0 bridgehead atoms. The molecule has 3 fully saturated rings. The summed E-state index contributed by atoms with van der Waals surface area (Å²) in [6, 6.07) is 0.0751. The number of nitrogens with one attached hydrogen (secondary N) is 3. The number of likely N-dealkylation sites (N-methyl/N-ethyl adjacent to an activating group) is 1. The minimum atomic E-state index is -1.87. The van der Waals surface area contributed by atoms with Gasteiger partial charge in [0.15, 0.2) is 17.3 Å². The number of carboxylic acid groups (broad SMARTS) is 1. The Hall–Kier alpha value is -4.72. The van der Waals surface area contributed by atoms with Crippen molar-refractivity contribution in [2.45, 2.75) is 70.1 Å². The van der Waals surface area contributed by atoms with Crippen LogP contribution in [-0.4, -0.2) is 124 Å². The van der Waals surface area contributed by atoms with Crippen LogP contribution in [0.25, 0.3) is 0 Å². The lowest BCUT2D eigenvalue weighted by atomic mass is 9.69. The van der Waals surface area contributed by atoms with E-state index in [1.165, 1.54) is 32.3 Å². The Kier molecular flexibility index (Phi) is 13.3. The maximum Gasteiger partial charge on any atom is 0.482 e. The normalized spacial score (nSPS) is 21.4. The van der Waals surface area contributed by atoms with Crippen LogP contribution in [-0.2, 0) is 30.1 Å². The van der Waals surface area contributed by atoms with E-state index in [4.69, 9.17) is 35.1 Å². The molecule has 4 unspecified atom stereocenters. The van der Waals surface area contributed by atoms with Crippen LogP contribution in [0.5, 0.6) is 17.2 Å². The van der Waals surface area contributed by atoms with Crippen LogP contribution >= 0.6 is 11.6 Å². The lowest BCUT2D eigenvalue weighted by Gasteiger charge is -2.43. The van der Waals surface area contributed by atoms with Crippen molar-refractivity contribution in [1.82, 2.24) is 25.8 Å². The van der Waals surface area contributed by atoms with E-state index in [1.54, 1.807) is 7.05 Å². The average Bonchev–Trinajstić information content (AvgIpc) is 3.50. The molecule has 5 rings (SSSR count). The first-order valence-electron chi connectivity index (χ1n) is 18.3. The number of fused-ring (bicyclic) bond motifs is 1. The third-order valence-corrected chi connectivity index (χ3v) is 11.0. The van der Waals surface area contributed by atoms with Gasteiger partial charge in [0.25, 0.3) is 0 Å². The molecule has 0 aromatic heterocycles. The number of piperazine rings is 1. The van der Waals surface area contributed by atoms with Gasteiger partial charge in [0, 0.05) is 31.7 Å². The number of ether oxygens (including phenoxy) is 3. The number of aromatic carboxylic acids is 1. The summed E-state index contributed by atoms with van der Waals surface area (Å²) in [6.07, 6.45) is 1.38. The lowest BCUT2D eigenvalue weighted by molar-refractivity contribution is -0.153. The highest BCUT2D eigenvalue weighted by atomic mass is 35.5. The number of carbonyl (C=O) groups excluding carboxylic acids is 4. The molecule has 310 valence electrons. The number of benzene rings is 2. The summed E-state index contributed by atoms with van der Waals surface area (Å²) in [7, 11) is 4.03. The highest BCUT2D eigenvalue weighted by Gasteiger charge is 2.56. The van der Waals surface area contributed by atoms with Crippen molar-refractivity contribution in [3.63, 3.8) is 0 Å². The van der Waals surface area contributed by atoms with Crippen LogP contribution in [0.1, 0.15) is 67.6 Å². The molecule has 16 nitrogen and oxygen atoms in total. The second-order valence-electron chi connectivity index (χ2n) is 15.1. The quantitative estimate of drug-likeness (QED) is 0.161. The Morgan fingerprint density at radius 3 is 2.33 bits per heavy atom. The Labute approximate surface area is 333 Å². The zero-order chi connectivity index (χ0) is 42.0. The molecule has 4 N–H and O–H groups in total. The molecule has 2 heterocycles. The van der Waals surface area contributed by atoms with Crippen LogP contribution in [0.15, 0.2) is 18.2 Å². The second kappa shape index (κ2) is 17.4. The molecule has 20 heteroatoms. The van der Waals surface area contributed by atoms with E-state index in [-0.39, 0.29) is 59.1 Å². The first-order valence-corrected chi connectivity index (χ1v) is 18.7. The van der Waals surface area contributed by atoms with Crippen molar-refractivity contribution in [3.05, 3.63) is 51.5 Å². The van der Waals surface area contributed by atoms with Gasteiger partial charge in [0.2, 0.25) is 5.91 Å². The van der Waals surface area contributed by atoms with Crippen LogP contribution in [0.2, 0.25) is 5.02 Å². The van der Waals surface area contributed by atoms with E-state index in [9.17, 15) is 33.5 Å². The van der Waals surface area contributed by atoms with E-state index < -0.39 is 83.5 Å². The molecule has 2 saturated heterocycles. The van der Waals surface area contributed by atoms with Crippen molar-refractivity contribution in [2.75, 3.05) is 54.6 Å². The van der Waals surface area contributed by atoms with E-state index in [0.717, 1.165) is 18.6 Å². The molecule has 2 aliphatic heterocycles. The molecule has 57 heavy (non-hydrogen) atoms. The first-order chi connectivity index (χ1) is 26.9. The van der Waals surface area contributed by atoms with Gasteiger partial charge in [-0.3, -0.25) is 19.3 Å². The summed E-state index contributed by atoms with van der Waals surface area (Å²) in [5.41, 5.74) is -1.81. The number of carboxylic acids is 1. The number of carbonyl (C=O) groups is 5. The molecule has 0 spiro atoms. The van der Waals surface area contributed by atoms with Crippen molar-refractivity contribution in [3.8, 4) is 17.2 Å². The number of amides is 5. The second-order valence-corrected chi connectivity index (χ2v) is 15.5. The van der Waals surface area contributed by atoms with E-state index in [2.05, 4.69) is 29.8 Å². The third kappa shape index (κ3) is 8.90. The number of hydrogen-bond acceptors (Lipinski definition) is 11. The van der Waals surface area contributed by atoms with E-state index in [1.807, 2.05) is 6.92 Å². The number of urea groups is 1. The van der Waals surface area contributed by atoms with Crippen molar-refractivity contribution >= 4 is 48.4 Å². The zero-order valence-corrected chi connectivity index (χ0v) is 33.5. The molecule has 2 aromatic carbocycles. The van der Waals surface area contributed by atoms with E-state index in [0.29, 0.717) is 24.3 Å². The fourth-order valence-corrected chi connectivity index (χ4v) is 8.18. The number of rotatable bonds is 14. The van der Waals surface area contributed by atoms with Gasteiger partial charge in [0.1, 0.15) is 23.2 Å². The Bertz CT molecular complexity index is 1930. The van der Waals surface area contributed by atoms with Gasteiger partial charge in [-0.1, -0.05) is 31.5 Å². The number of hydrogen-bond donors (Lipinski definition) is 4. The summed E-state index contributed by atoms with van der Waals surface area (Å²) in [4.78, 5) is 68.6. The maximum atomic E-state index is 15.6. The Morgan fingerprint density at radius 2 is 1.70 bits per heavy atom. The summed E-state index contributed by atoms with van der Waals surface area (Å²) in [5.74, 6) is -8.96. The molecule has 2 aromatic rings. The Morgan fingerprint density at radius 1 is 1.02 bits per heavy atom. The van der Waals surface area contributed by atoms with Gasteiger partial charge in [-0.25, -0.2) is 18.4 Å². The van der Waals surface area contributed by atoms with Crippen molar-refractivity contribution in [2.24, 2.45) is 5.41 Å². The van der Waals surface area contributed by atoms with Crippen LogP contribution in [0.3, 0.4) is 0 Å². The highest BCUT2D eigenvalue weighted by molar-refractivity contribution is 6.48. The van der Waals surface area contributed by atoms with Gasteiger partial charge in [0.05, 0.1) is 44.0 Å². The molecule has 4 atom stereocenters. The van der Waals surface area contributed by atoms with Crippen LogP contribution < -0.4 is 30.2 Å². The molecule has 0 radical (unpaired) electrons. The molecule has 3 aliphatic rings. The maximum absolute atomic E-state index is 15.6. The van der Waals surface area contributed by atoms with Gasteiger partial charge in [-0.15, -0.1) is 0 Å². The average molecular weight is 822 g/mol. The largest absolute Gasteiger partial charge is 0.495 e.